The zero-order valence-electron chi connectivity index (χ0n) is 13.7. The van der Waals surface area contributed by atoms with Gasteiger partial charge in [0.15, 0.2) is 0 Å². The molecule has 0 bridgehead atoms. The van der Waals surface area contributed by atoms with Gasteiger partial charge >= 0.3 is 0 Å². The van der Waals surface area contributed by atoms with Crippen molar-refractivity contribution in [3.8, 4) is 11.3 Å². The van der Waals surface area contributed by atoms with Gasteiger partial charge in [-0.15, -0.1) is 0 Å². The van der Waals surface area contributed by atoms with Gasteiger partial charge in [-0.2, -0.15) is 0 Å². The van der Waals surface area contributed by atoms with Crippen LogP contribution >= 0.6 is 0 Å². The van der Waals surface area contributed by atoms with E-state index in [-0.39, 0.29) is 5.82 Å². The van der Waals surface area contributed by atoms with Crippen LogP contribution in [0.25, 0.3) is 11.3 Å². The van der Waals surface area contributed by atoms with Gasteiger partial charge in [0.2, 0.25) is 0 Å². The number of nitrogens with zero attached hydrogens (tertiary/aromatic N) is 1. The molecule has 0 atom stereocenters. The molecule has 3 nitrogen and oxygen atoms in total. The molecule has 1 amide bonds. The molecule has 3 aromatic rings. The maximum atomic E-state index is 13.2. The summed E-state index contributed by atoms with van der Waals surface area (Å²) in [5.41, 5.74) is 10.8. The molecule has 3 rings (SSSR count). The number of rotatable bonds is 4. The lowest BCUT2D eigenvalue weighted by molar-refractivity contribution is 0.0999. The van der Waals surface area contributed by atoms with Crippen molar-refractivity contribution in [3.63, 3.8) is 0 Å². The molecule has 0 aliphatic rings. The van der Waals surface area contributed by atoms with Crippen molar-refractivity contribution in [3.05, 3.63) is 82.8 Å². The van der Waals surface area contributed by atoms with Crippen LogP contribution in [-0.4, -0.2) is 10.5 Å². The van der Waals surface area contributed by atoms with Gasteiger partial charge in [0, 0.05) is 17.9 Å². The summed E-state index contributed by atoms with van der Waals surface area (Å²) in [6.45, 7) is 4.54. The van der Waals surface area contributed by atoms with E-state index in [1.807, 2.05) is 36.6 Å². The lowest BCUT2D eigenvalue weighted by atomic mass is 10.1. The Labute approximate surface area is 140 Å². The first-order valence-corrected chi connectivity index (χ1v) is 7.77. The summed E-state index contributed by atoms with van der Waals surface area (Å²) in [6.07, 6.45) is 0. The number of hydrogen-bond acceptors (Lipinski definition) is 1. The first kappa shape index (κ1) is 16.0. The number of carbonyl (C=O) groups excluding carboxylic acids is 1. The van der Waals surface area contributed by atoms with E-state index in [4.69, 9.17) is 5.73 Å². The number of halogens is 1. The maximum absolute atomic E-state index is 13.2. The van der Waals surface area contributed by atoms with Crippen LogP contribution in [0.3, 0.4) is 0 Å². The molecule has 0 fully saturated rings. The molecule has 2 N–H and O–H groups in total. The number of primary amides is 1. The number of aromatic nitrogens is 1. The molecular formula is C20H19FN2O. The van der Waals surface area contributed by atoms with Gasteiger partial charge in [0.25, 0.3) is 5.91 Å². The van der Waals surface area contributed by atoms with Crippen LogP contribution < -0.4 is 5.73 Å². The third-order valence-corrected chi connectivity index (χ3v) is 4.20. The molecule has 0 unspecified atom stereocenters. The van der Waals surface area contributed by atoms with Crippen LogP contribution in [0.2, 0.25) is 0 Å². The highest BCUT2D eigenvalue weighted by Gasteiger charge is 2.17. The van der Waals surface area contributed by atoms with Crippen LogP contribution in [-0.2, 0) is 6.54 Å². The molecule has 4 heteroatoms. The van der Waals surface area contributed by atoms with Crippen LogP contribution in [0.5, 0.6) is 0 Å². The number of amides is 1. The second-order valence-corrected chi connectivity index (χ2v) is 5.98. The van der Waals surface area contributed by atoms with E-state index in [2.05, 4.69) is 6.07 Å². The minimum atomic E-state index is -0.459. The molecule has 0 radical (unpaired) electrons. The first-order valence-electron chi connectivity index (χ1n) is 7.77. The lowest BCUT2D eigenvalue weighted by Crippen LogP contribution is -2.12. The average Bonchev–Trinajstić information content (AvgIpc) is 2.86. The molecule has 0 spiro atoms. The van der Waals surface area contributed by atoms with Gasteiger partial charge in [-0.3, -0.25) is 4.79 Å². The summed E-state index contributed by atoms with van der Waals surface area (Å²) >= 11 is 0. The van der Waals surface area contributed by atoms with Crippen LogP contribution in [0, 0.1) is 19.7 Å². The normalized spacial score (nSPS) is 10.8. The van der Waals surface area contributed by atoms with Crippen LogP contribution in [0.4, 0.5) is 4.39 Å². The minimum absolute atomic E-state index is 0.289. The van der Waals surface area contributed by atoms with Crippen molar-refractivity contribution in [2.45, 2.75) is 20.4 Å². The fourth-order valence-electron chi connectivity index (χ4n) is 2.95. The van der Waals surface area contributed by atoms with E-state index >= 15 is 0 Å². The fraction of sp³-hybridized carbons (Fsp3) is 0.150. The predicted octanol–water partition coefficient (Wildman–Crippen LogP) is 4.06. The summed E-state index contributed by atoms with van der Waals surface area (Å²) in [5, 5.41) is 0. The van der Waals surface area contributed by atoms with Crippen molar-refractivity contribution >= 4 is 5.91 Å². The number of nitrogens with two attached hydrogens (primary N) is 1. The molecule has 1 aromatic heterocycles. The van der Waals surface area contributed by atoms with E-state index < -0.39 is 5.91 Å². The SMILES string of the molecule is Cc1cccc(Cn2c(-c3ccc(F)cc3)cc(C(N)=O)c2C)c1. The zero-order chi connectivity index (χ0) is 17.3. The van der Waals surface area contributed by atoms with Crippen LogP contribution in [0.15, 0.2) is 54.6 Å². The topological polar surface area (TPSA) is 48.0 Å². The Morgan fingerprint density at radius 1 is 1.08 bits per heavy atom. The highest BCUT2D eigenvalue weighted by Crippen LogP contribution is 2.27. The van der Waals surface area contributed by atoms with Gasteiger partial charge in [-0.25, -0.2) is 4.39 Å². The van der Waals surface area contributed by atoms with Gasteiger partial charge < -0.3 is 10.3 Å². The Morgan fingerprint density at radius 3 is 2.42 bits per heavy atom. The third kappa shape index (κ3) is 3.08. The van der Waals surface area contributed by atoms with E-state index in [1.54, 1.807) is 18.2 Å². The molecule has 0 aliphatic carbocycles. The predicted molar refractivity (Wildman–Crippen MR) is 93.4 cm³/mol. The molecule has 122 valence electrons. The van der Waals surface area contributed by atoms with Crippen molar-refractivity contribution in [1.82, 2.24) is 4.57 Å². The highest BCUT2D eigenvalue weighted by molar-refractivity contribution is 5.95. The Bertz CT molecular complexity index is 895. The Balaban J connectivity index is 2.12. The van der Waals surface area contributed by atoms with Crippen molar-refractivity contribution in [2.24, 2.45) is 5.73 Å². The van der Waals surface area contributed by atoms with Gasteiger partial charge in [0.05, 0.1) is 5.56 Å². The quantitative estimate of drug-likeness (QED) is 0.773. The summed E-state index contributed by atoms with van der Waals surface area (Å²) in [6, 6.07) is 16.2. The molecular weight excluding hydrogens is 303 g/mol. The monoisotopic (exact) mass is 322 g/mol. The van der Waals surface area contributed by atoms with Crippen molar-refractivity contribution in [1.29, 1.82) is 0 Å². The Kier molecular flexibility index (Phi) is 4.21. The second-order valence-electron chi connectivity index (χ2n) is 5.98. The molecule has 1 heterocycles. The number of carbonyl (C=O) groups is 1. The van der Waals surface area contributed by atoms with E-state index in [0.29, 0.717) is 12.1 Å². The molecule has 2 aromatic carbocycles. The summed E-state index contributed by atoms with van der Waals surface area (Å²) < 4.78 is 15.3. The fourth-order valence-corrected chi connectivity index (χ4v) is 2.95. The lowest BCUT2D eigenvalue weighted by Gasteiger charge is -2.13. The van der Waals surface area contributed by atoms with Crippen molar-refractivity contribution in [2.75, 3.05) is 0 Å². The van der Waals surface area contributed by atoms with E-state index in [1.165, 1.54) is 17.7 Å². The molecule has 24 heavy (non-hydrogen) atoms. The Hall–Kier alpha value is -2.88. The largest absolute Gasteiger partial charge is 0.366 e. The molecule has 0 aliphatic heterocycles. The number of hydrogen-bond donors (Lipinski definition) is 1. The smallest absolute Gasteiger partial charge is 0.250 e. The van der Waals surface area contributed by atoms with Gasteiger partial charge in [-0.1, -0.05) is 29.8 Å². The van der Waals surface area contributed by atoms with Crippen LogP contribution in [0.1, 0.15) is 27.2 Å². The number of benzene rings is 2. The molecule has 0 saturated carbocycles. The average molecular weight is 322 g/mol. The highest BCUT2D eigenvalue weighted by atomic mass is 19.1. The first-order chi connectivity index (χ1) is 11.5. The Morgan fingerprint density at radius 2 is 1.79 bits per heavy atom. The maximum Gasteiger partial charge on any atom is 0.250 e. The van der Waals surface area contributed by atoms with E-state index in [9.17, 15) is 9.18 Å². The molecule has 0 saturated heterocycles. The summed E-state index contributed by atoms with van der Waals surface area (Å²) in [7, 11) is 0. The van der Waals surface area contributed by atoms with Gasteiger partial charge in [0.1, 0.15) is 5.82 Å². The standard InChI is InChI=1S/C20H19FN2O/c1-13-4-3-5-15(10-13)12-23-14(2)18(20(22)24)11-19(23)16-6-8-17(21)9-7-16/h3-11H,12H2,1-2H3,(H2,22,24). The minimum Gasteiger partial charge on any atom is -0.366 e. The number of aryl methyl sites for hydroxylation is 1. The third-order valence-electron chi connectivity index (χ3n) is 4.20. The second kappa shape index (κ2) is 6.32. The summed E-state index contributed by atoms with van der Waals surface area (Å²) in [4.78, 5) is 11.7. The van der Waals surface area contributed by atoms with Crippen molar-refractivity contribution < 1.29 is 9.18 Å². The van der Waals surface area contributed by atoms with E-state index in [0.717, 1.165) is 22.5 Å². The van der Waals surface area contributed by atoms with Gasteiger partial charge in [-0.05, 0) is 55.3 Å². The summed E-state index contributed by atoms with van der Waals surface area (Å²) in [5.74, 6) is -0.749. The zero-order valence-corrected chi connectivity index (χ0v) is 13.7.